The van der Waals surface area contributed by atoms with Crippen molar-refractivity contribution in [1.82, 2.24) is 4.90 Å². The van der Waals surface area contributed by atoms with Crippen LogP contribution in [0.4, 0.5) is 0 Å². The van der Waals surface area contributed by atoms with Gasteiger partial charge < -0.3 is 9.64 Å². The minimum Gasteiger partial charge on any atom is -0.493 e. The van der Waals surface area contributed by atoms with Gasteiger partial charge in [0, 0.05) is 18.5 Å². The second kappa shape index (κ2) is 9.71. The summed E-state index contributed by atoms with van der Waals surface area (Å²) in [5.74, 6) is 1.19. The van der Waals surface area contributed by atoms with Crippen LogP contribution in [0.25, 0.3) is 0 Å². The van der Waals surface area contributed by atoms with Gasteiger partial charge in [-0.1, -0.05) is 26.7 Å². The normalized spacial score (nSPS) is 15.6. The molecule has 0 spiro atoms. The Hall–Kier alpha value is -1.35. The van der Waals surface area contributed by atoms with Crippen molar-refractivity contribution in [3.05, 3.63) is 29.3 Å². The van der Waals surface area contributed by atoms with Gasteiger partial charge in [-0.2, -0.15) is 0 Å². The maximum absolute atomic E-state index is 12.5. The fourth-order valence-corrected chi connectivity index (χ4v) is 3.08. The highest BCUT2D eigenvalue weighted by molar-refractivity contribution is 5.96. The summed E-state index contributed by atoms with van der Waals surface area (Å²) in [5.41, 5.74) is 1.98. The number of hydrogen-bond acceptors (Lipinski definition) is 3. The van der Waals surface area contributed by atoms with Crippen LogP contribution in [0.5, 0.6) is 5.75 Å². The zero-order valence-corrected chi connectivity index (χ0v) is 14.8. The van der Waals surface area contributed by atoms with Crippen molar-refractivity contribution >= 4 is 5.78 Å². The van der Waals surface area contributed by atoms with Crippen LogP contribution in [0, 0.1) is 0 Å². The van der Waals surface area contributed by atoms with Crippen molar-refractivity contribution in [1.29, 1.82) is 0 Å². The molecule has 1 aromatic rings. The monoisotopic (exact) mass is 317 g/mol. The summed E-state index contributed by atoms with van der Waals surface area (Å²) in [6, 6.07) is 5.93. The molecule has 0 atom stereocenters. The lowest BCUT2D eigenvalue weighted by atomic mass is 10.0. The second-order valence-electron chi connectivity index (χ2n) is 6.45. The molecule has 0 aliphatic carbocycles. The molecule has 1 aliphatic heterocycles. The molecule has 0 bridgehead atoms. The van der Waals surface area contributed by atoms with Crippen LogP contribution < -0.4 is 4.74 Å². The van der Waals surface area contributed by atoms with E-state index in [0.29, 0.717) is 6.42 Å². The molecular formula is C20H31NO2. The number of Topliss-reactive ketones (excluding diaryl/α,β-unsaturated/α-hetero) is 1. The van der Waals surface area contributed by atoms with E-state index in [1.54, 1.807) is 0 Å². The number of ketones is 1. The van der Waals surface area contributed by atoms with E-state index in [-0.39, 0.29) is 5.78 Å². The molecule has 0 amide bonds. The standard InChI is InChI=1S/C20H31NO2/c1-3-5-15-23-20-10-9-18(16-17(20)4-2)19(22)11-14-21-12-7-6-8-13-21/h9-10,16H,3-8,11-15H2,1-2H3. The lowest BCUT2D eigenvalue weighted by molar-refractivity contribution is 0.0958. The second-order valence-corrected chi connectivity index (χ2v) is 6.45. The third kappa shape index (κ3) is 5.65. The predicted molar refractivity (Wildman–Crippen MR) is 95.5 cm³/mol. The highest BCUT2D eigenvalue weighted by atomic mass is 16.5. The van der Waals surface area contributed by atoms with Crippen molar-refractivity contribution in [3.8, 4) is 5.75 Å². The van der Waals surface area contributed by atoms with E-state index in [0.717, 1.165) is 62.4 Å². The summed E-state index contributed by atoms with van der Waals surface area (Å²) in [6.07, 6.45) is 7.61. The highest BCUT2D eigenvalue weighted by Gasteiger charge is 2.14. The van der Waals surface area contributed by atoms with E-state index in [2.05, 4.69) is 18.7 Å². The van der Waals surface area contributed by atoms with E-state index in [1.807, 2.05) is 18.2 Å². The Morgan fingerprint density at radius 2 is 1.96 bits per heavy atom. The number of benzene rings is 1. The van der Waals surface area contributed by atoms with Gasteiger partial charge in [0.25, 0.3) is 0 Å². The summed E-state index contributed by atoms with van der Waals surface area (Å²) in [6.45, 7) is 8.23. The summed E-state index contributed by atoms with van der Waals surface area (Å²) in [4.78, 5) is 14.9. The van der Waals surface area contributed by atoms with Gasteiger partial charge in [-0.3, -0.25) is 4.79 Å². The number of unbranched alkanes of at least 4 members (excludes halogenated alkanes) is 1. The van der Waals surface area contributed by atoms with Crippen LogP contribution in [-0.2, 0) is 6.42 Å². The Balaban J connectivity index is 1.91. The van der Waals surface area contributed by atoms with Crippen molar-refractivity contribution in [3.63, 3.8) is 0 Å². The lowest BCUT2D eigenvalue weighted by Gasteiger charge is -2.26. The van der Waals surface area contributed by atoms with E-state index >= 15 is 0 Å². The molecule has 3 nitrogen and oxygen atoms in total. The molecule has 0 saturated carbocycles. The van der Waals surface area contributed by atoms with E-state index in [4.69, 9.17) is 4.74 Å². The average Bonchev–Trinajstić information content (AvgIpc) is 2.61. The number of carbonyl (C=O) groups excluding carboxylic acids is 1. The van der Waals surface area contributed by atoms with Gasteiger partial charge in [0.1, 0.15) is 5.75 Å². The number of nitrogens with zero attached hydrogens (tertiary/aromatic N) is 1. The van der Waals surface area contributed by atoms with Gasteiger partial charge in [-0.05, 0) is 62.5 Å². The van der Waals surface area contributed by atoms with Crippen LogP contribution in [0.3, 0.4) is 0 Å². The van der Waals surface area contributed by atoms with Crippen LogP contribution in [0.15, 0.2) is 18.2 Å². The summed E-state index contributed by atoms with van der Waals surface area (Å²) in [5, 5.41) is 0. The van der Waals surface area contributed by atoms with Crippen molar-refractivity contribution in [2.75, 3.05) is 26.2 Å². The van der Waals surface area contributed by atoms with Crippen molar-refractivity contribution < 1.29 is 9.53 Å². The number of piperidine rings is 1. The topological polar surface area (TPSA) is 29.5 Å². The highest BCUT2D eigenvalue weighted by Crippen LogP contribution is 2.22. The minimum absolute atomic E-state index is 0.255. The van der Waals surface area contributed by atoms with Crippen molar-refractivity contribution in [2.45, 2.75) is 58.8 Å². The smallest absolute Gasteiger partial charge is 0.164 e. The zero-order chi connectivity index (χ0) is 16.5. The fourth-order valence-electron chi connectivity index (χ4n) is 3.08. The van der Waals surface area contributed by atoms with Gasteiger partial charge in [0.05, 0.1) is 6.61 Å². The molecule has 2 rings (SSSR count). The molecule has 0 unspecified atom stereocenters. The Morgan fingerprint density at radius 1 is 1.17 bits per heavy atom. The number of rotatable bonds is 9. The molecular weight excluding hydrogens is 286 g/mol. The number of carbonyl (C=O) groups is 1. The molecule has 1 aliphatic rings. The third-order valence-corrected chi connectivity index (χ3v) is 4.62. The Labute approximate surface area is 141 Å². The van der Waals surface area contributed by atoms with Gasteiger partial charge in [0.2, 0.25) is 0 Å². The quantitative estimate of drug-likeness (QED) is 0.496. The predicted octanol–water partition coefficient (Wildman–Crippen LogP) is 4.49. The average molecular weight is 317 g/mol. The van der Waals surface area contributed by atoms with Gasteiger partial charge in [0.15, 0.2) is 5.78 Å². The van der Waals surface area contributed by atoms with Crippen LogP contribution in [0.1, 0.15) is 68.3 Å². The lowest BCUT2D eigenvalue weighted by Crippen LogP contribution is -2.31. The molecule has 1 fully saturated rings. The fraction of sp³-hybridized carbons (Fsp3) is 0.650. The Bertz CT molecular complexity index is 492. The molecule has 23 heavy (non-hydrogen) atoms. The molecule has 3 heteroatoms. The number of ether oxygens (including phenoxy) is 1. The molecule has 0 aromatic heterocycles. The summed E-state index contributed by atoms with van der Waals surface area (Å²) in [7, 11) is 0. The number of aryl methyl sites for hydroxylation is 1. The Kier molecular flexibility index (Phi) is 7.60. The van der Waals surface area contributed by atoms with Crippen LogP contribution in [0.2, 0.25) is 0 Å². The first-order chi connectivity index (χ1) is 11.2. The molecule has 0 radical (unpaired) electrons. The first-order valence-corrected chi connectivity index (χ1v) is 9.25. The molecule has 0 N–H and O–H groups in total. The first kappa shape index (κ1) is 18.0. The minimum atomic E-state index is 0.255. The zero-order valence-electron chi connectivity index (χ0n) is 14.8. The number of likely N-dealkylation sites (tertiary alicyclic amines) is 1. The molecule has 1 saturated heterocycles. The Morgan fingerprint density at radius 3 is 2.65 bits per heavy atom. The summed E-state index contributed by atoms with van der Waals surface area (Å²) >= 11 is 0. The largest absolute Gasteiger partial charge is 0.493 e. The SMILES string of the molecule is CCCCOc1ccc(C(=O)CCN2CCCCC2)cc1CC. The van der Waals surface area contributed by atoms with E-state index in [9.17, 15) is 4.79 Å². The number of hydrogen-bond donors (Lipinski definition) is 0. The first-order valence-electron chi connectivity index (χ1n) is 9.25. The molecule has 128 valence electrons. The summed E-state index contributed by atoms with van der Waals surface area (Å²) < 4.78 is 5.84. The van der Waals surface area contributed by atoms with E-state index < -0.39 is 0 Å². The maximum atomic E-state index is 12.5. The van der Waals surface area contributed by atoms with Crippen LogP contribution >= 0.6 is 0 Å². The van der Waals surface area contributed by atoms with Gasteiger partial charge >= 0.3 is 0 Å². The van der Waals surface area contributed by atoms with Crippen molar-refractivity contribution in [2.24, 2.45) is 0 Å². The maximum Gasteiger partial charge on any atom is 0.164 e. The van der Waals surface area contributed by atoms with Crippen LogP contribution in [-0.4, -0.2) is 36.9 Å². The third-order valence-electron chi connectivity index (χ3n) is 4.62. The molecule has 1 aromatic carbocycles. The van der Waals surface area contributed by atoms with Gasteiger partial charge in [-0.25, -0.2) is 0 Å². The van der Waals surface area contributed by atoms with E-state index in [1.165, 1.54) is 19.3 Å². The molecule has 1 heterocycles. The van der Waals surface area contributed by atoms with Gasteiger partial charge in [-0.15, -0.1) is 0 Å².